The minimum absolute atomic E-state index is 0.150. The van der Waals surface area contributed by atoms with E-state index in [2.05, 4.69) is 9.97 Å². The van der Waals surface area contributed by atoms with E-state index in [0.29, 0.717) is 5.75 Å². The highest BCUT2D eigenvalue weighted by molar-refractivity contribution is 7.99. The Morgan fingerprint density at radius 2 is 2.10 bits per heavy atom. The second kappa shape index (κ2) is 7.12. The average Bonchev–Trinajstić information content (AvgIpc) is 2.52. The van der Waals surface area contributed by atoms with Crippen LogP contribution in [0.5, 0.6) is 11.5 Å². The lowest BCUT2D eigenvalue weighted by molar-refractivity contribution is 0.389. The quantitative estimate of drug-likeness (QED) is 0.823. The van der Waals surface area contributed by atoms with Gasteiger partial charge in [-0.2, -0.15) is 0 Å². The molecule has 0 spiro atoms. The number of thioether (sulfide) groups is 1. The van der Waals surface area contributed by atoms with E-state index in [9.17, 15) is 0 Å². The van der Waals surface area contributed by atoms with Gasteiger partial charge in [0, 0.05) is 35.8 Å². The van der Waals surface area contributed by atoms with Crippen LogP contribution < -0.4 is 15.2 Å². The molecule has 0 bridgehead atoms. The Bertz CT molecular complexity index is 551. The summed E-state index contributed by atoms with van der Waals surface area (Å²) in [7, 11) is 3.25. The number of nitrogens with zero attached hydrogens (tertiary/aromatic N) is 2. The summed E-state index contributed by atoms with van der Waals surface area (Å²) in [5.74, 6) is 2.18. The Morgan fingerprint density at radius 3 is 2.75 bits per heavy atom. The van der Waals surface area contributed by atoms with Crippen molar-refractivity contribution in [2.24, 2.45) is 5.73 Å². The molecule has 0 fully saturated rings. The summed E-state index contributed by atoms with van der Waals surface area (Å²) in [6, 6.07) is 5.50. The topological polar surface area (TPSA) is 70.3 Å². The smallest absolute Gasteiger partial charge is 0.127 e. The highest BCUT2D eigenvalue weighted by atomic mass is 32.2. The molecule has 2 N–H and O–H groups in total. The molecule has 1 aromatic carbocycles. The first-order valence-corrected chi connectivity index (χ1v) is 7.09. The Labute approximate surface area is 122 Å². The van der Waals surface area contributed by atoms with Gasteiger partial charge >= 0.3 is 0 Å². The van der Waals surface area contributed by atoms with Crippen LogP contribution in [0.3, 0.4) is 0 Å². The molecule has 1 heterocycles. The van der Waals surface area contributed by atoms with E-state index in [-0.39, 0.29) is 6.04 Å². The third kappa shape index (κ3) is 3.61. The molecular weight excluding hydrogens is 274 g/mol. The number of rotatable bonds is 6. The predicted octanol–water partition coefficient (Wildman–Crippen LogP) is 2.29. The Hall–Kier alpha value is -1.79. The standard InChI is InChI=1S/C14H17N3O2S/c1-18-10-3-4-11(13(7-10)19-2)12(15)9-20-14-8-16-5-6-17-14/h3-8,12H,9,15H2,1-2H3. The lowest BCUT2D eigenvalue weighted by atomic mass is 10.1. The van der Waals surface area contributed by atoms with E-state index < -0.39 is 0 Å². The predicted molar refractivity (Wildman–Crippen MR) is 79.2 cm³/mol. The number of methoxy groups -OCH3 is 2. The second-order valence-electron chi connectivity index (χ2n) is 4.07. The maximum Gasteiger partial charge on any atom is 0.127 e. The Kier molecular flexibility index (Phi) is 5.20. The van der Waals surface area contributed by atoms with Crippen molar-refractivity contribution in [1.29, 1.82) is 0 Å². The first kappa shape index (κ1) is 14.6. The first-order valence-electron chi connectivity index (χ1n) is 6.11. The number of hydrogen-bond acceptors (Lipinski definition) is 6. The summed E-state index contributed by atoms with van der Waals surface area (Å²) in [6.07, 6.45) is 5.04. The van der Waals surface area contributed by atoms with Crippen LogP contribution in [0.15, 0.2) is 41.8 Å². The fourth-order valence-corrected chi connectivity index (χ4v) is 2.55. The molecule has 1 atom stereocenters. The Balaban J connectivity index is 2.07. The van der Waals surface area contributed by atoms with Crippen molar-refractivity contribution < 1.29 is 9.47 Å². The van der Waals surface area contributed by atoms with Gasteiger partial charge in [-0.15, -0.1) is 11.8 Å². The van der Waals surface area contributed by atoms with Gasteiger partial charge in [-0.3, -0.25) is 4.98 Å². The SMILES string of the molecule is COc1ccc(C(N)CSc2cnccn2)c(OC)c1. The van der Waals surface area contributed by atoms with Crippen molar-refractivity contribution in [3.63, 3.8) is 0 Å². The molecule has 0 amide bonds. The van der Waals surface area contributed by atoms with Crippen LogP contribution in [0.1, 0.15) is 11.6 Å². The fourth-order valence-electron chi connectivity index (χ4n) is 1.75. The van der Waals surface area contributed by atoms with Crippen LogP contribution in [0.4, 0.5) is 0 Å². The van der Waals surface area contributed by atoms with Crippen LogP contribution in [0, 0.1) is 0 Å². The van der Waals surface area contributed by atoms with Gasteiger partial charge in [0.15, 0.2) is 0 Å². The summed E-state index contributed by atoms with van der Waals surface area (Å²) in [5.41, 5.74) is 7.17. The van der Waals surface area contributed by atoms with Gasteiger partial charge in [-0.05, 0) is 6.07 Å². The van der Waals surface area contributed by atoms with E-state index >= 15 is 0 Å². The molecule has 0 aliphatic heterocycles. The molecule has 0 aliphatic rings. The molecule has 1 aromatic heterocycles. The molecule has 0 saturated heterocycles. The Morgan fingerprint density at radius 1 is 1.25 bits per heavy atom. The van der Waals surface area contributed by atoms with Crippen LogP contribution in [-0.4, -0.2) is 29.9 Å². The normalized spacial score (nSPS) is 11.9. The van der Waals surface area contributed by atoms with E-state index in [1.165, 1.54) is 0 Å². The minimum atomic E-state index is -0.150. The zero-order valence-corrected chi connectivity index (χ0v) is 12.3. The molecular formula is C14H17N3O2S. The van der Waals surface area contributed by atoms with Gasteiger partial charge < -0.3 is 15.2 Å². The van der Waals surface area contributed by atoms with Gasteiger partial charge in [0.05, 0.1) is 20.4 Å². The molecule has 20 heavy (non-hydrogen) atoms. The summed E-state index contributed by atoms with van der Waals surface area (Å²) in [5, 5.41) is 0.857. The molecule has 0 aliphatic carbocycles. The highest BCUT2D eigenvalue weighted by Gasteiger charge is 2.13. The second-order valence-corrected chi connectivity index (χ2v) is 5.11. The van der Waals surface area contributed by atoms with E-state index in [1.54, 1.807) is 44.6 Å². The van der Waals surface area contributed by atoms with Crippen molar-refractivity contribution >= 4 is 11.8 Å². The summed E-state index contributed by atoms with van der Waals surface area (Å²) >= 11 is 1.57. The number of nitrogens with two attached hydrogens (primary N) is 1. The molecule has 0 radical (unpaired) electrons. The lowest BCUT2D eigenvalue weighted by Crippen LogP contribution is -2.14. The molecule has 1 unspecified atom stereocenters. The van der Waals surface area contributed by atoms with Crippen LogP contribution in [-0.2, 0) is 0 Å². The maximum absolute atomic E-state index is 6.22. The molecule has 2 aromatic rings. The van der Waals surface area contributed by atoms with Gasteiger partial charge in [0.2, 0.25) is 0 Å². The van der Waals surface area contributed by atoms with E-state index in [1.807, 2.05) is 18.2 Å². The molecule has 0 saturated carbocycles. The molecule has 106 valence electrons. The van der Waals surface area contributed by atoms with Crippen LogP contribution in [0.2, 0.25) is 0 Å². The number of ether oxygens (including phenoxy) is 2. The van der Waals surface area contributed by atoms with E-state index in [4.69, 9.17) is 15.2 Å². The lowest BCUT2D eigenvalue weighted by Gasteiger charge is -2.16. The largest absolute Gasteiger partial charge is 0.497 e. The van der Waals surface area contributed by atoms with Gasteiger partial charge in [0.1, 0.15) is 16.5 Å². The first-order chi connectivity index (χ1) is 9.74. The molecule has 5 nitrogen and oxygen atoms in total. The van der Waals surface area contributed by atoms with Gasteiger partial charge in [0.25, 0.3) is 0 Å². The summed E-state index contributed by atoms with van der Waals surface area (Å²) in [4.78, 5) is 8.23. The zero-order chi connectivity index (χ0) is 14.4. The van der Waals surface area contributed by atoms with E-state index in [0.717, 1.165) is 22.1 Å². The summed E-state index contributed by atoms with van der Waals surface area (Å²) in [6.45, 7) is 0. The van der Waals surface area contributed by atoms with Crippen LogP contribution >= 0.6 is 11.8 Å². The van der Waals surface area contributed by atoms with Crippen LogP contribution in [0.25, 0.3) is 0 Å². The third-order valence-corrected chi connectivity index (χ3v) is 3.82. The van der Waals surface area contributed by atoms with Gasteiger partial charge in [-0.25, -0.2) is 4.98 Å². The fraction of sp³-hybridized carbons (Fsp3) is 0.286. The minimum Gasteiger partial charge on any atom is -0.497 e. The number of hydrogen-bond donors (Lipinski definition) is 1. The average molecular weight is 291 g/mol. The molecule has 6 heteroatoms. The van der Waals surface area contributed by atoms with Crippen molar-refractivity contribution in [3.05, 3.63) is 42.4 Å². The summed E-state index contributed by atoms with van der Waals surface area (Å²) < 4.78 is 10.5. The van der Waals surface area contributed by atoms with Crippen molar-refractivity contribution in [1.82, 2.24) is 9.97 Å². The monoisotopic (exact) mass is 291 g/mol. The number of aromatic nitrogens is 2. The van der Waals surface area contributed by atoms with Crippen molar-refractivity contribution in [2.45, 2.75) is 11.1 Å². The molecule has 2 rings (SSSR count). The maximum atomic E-state index is 6.22. The highest BCUT2D eigenvalue weighted by Crippen LogP contribution is 2.31. The zero-order valence-electron chi connectivity index (χ0n) is 11.4. The van der Waals surface area contributed by atoms with Crippen molar-refractivity contribution in [3.8, 4) is 11.5 Å². The van der Waals surface area contributed by atoms with Crippen molar-refractivity contribution in [2.75, 3.05) is 20.0 Å². The number of benzene rings is 1. The third-order valence-electron chi connectivity index (χ3n) is 2.79. The van der Waals surface area contributed by atoms with Gasteiger partial charge in [-0.1, -0.05) is 6.07 Å².